The summed E-state index contributed by atoms with van der Waals surface area (Å²) in [6.07, 6.45) is 0. The van der Waals surface area contributed by atoms with Gasteiger partial charge in [0.2, 0.25) is 0 Å². The Labute approximate surface area is 380 Å². The van der Waals surface area contributed by atoms with Crippen molar-refractivity contribution in [3.63, 3.8) is 0 Å². The van der Waals surface area contributed by atoms with Crippen LogP contribution in [-0.2, 0) is 16.2 Å². The van der Waals surface area contributed by atoms with E-state index >= 15 is 0 Å². The van der Waals surface area contributed by atoms with E-state index in [-0.39, 0.29) is 28.0 Å². The first-order valence-corrected chi connectivity index (χ1v) is 25.1. The summed E-state index contributed by atoms with van der Waals surface area (Å²) in [4.78, 5) is 5.20. The molecule has 7 aromatic rings. The summed E-state index contributed by atoms with van der Waals surface area (Å²) in [5.74, 6) is 0. The second-order valence-electron chi connectivity index (χ2n) is 22.4. The van der Waals surface area contributed by atoms with Crippen molar-refractivity contribution in [2.24, 2.45) is 0 Å². The molecule has 0 saturated carbocycles. The van der Waals surface area contributed by atoms with Crippen LogP contribution in [0.4, 0.5) is 34.1 Å². The number of hydrogen-bond donors (Lipinski definition) is 0. The Morgan fingerprint density at radius 2 is 0.889 bits per heavy atom. The minimum Gasteiger partial charge on any atom is -0.311 e. The second-order valence-corrected chi connectivity index (χ2v) is 27.1. The first kappa shape index (κ1) is 42.7. The van der Waals surface area contributed by atoms with Gasteiger partial charge in [0.1, 0.15) is 0 Å². The Morgan fingerprint density at radius 3 is 1.44 bits per heavy atom. The van der Waals surface area contributed by atoms with Crippen LogP contribution >= 0.6 is 0 Å². The monoisotopic (exact) mass is 841 g/mol. The number of hydrogen-bond acceptors (Lipinski definition) is 2. The quantitative estimate of drug-likeness (QED) is 0.126. The smallest absolute Gasteiger partial charge is 0.252 e. The molecule has 0 spiro atoms. The third-order valence-corrected chi connectivity index (χ3v) is 19.8. The van der Waals surface area contributed by atoms with E-state index in [4.69, 9.17) is 0 Å². The molecule has 2 heterocycles. The summed E-state index contributed by atoms with van der Waals surface area (Å²) in [7, 11) is -2.71. The van der Waals surface area contributed by atoms with Crippen LogP contribution in [0.3, 0.4) is 0 Å². The van der Waals surface area contributed by atoms with E-state index in [1.54, 1.807) is 0 Å². The van der Waals surface area contributed by atoms with E-state index in [1.807, 2.05) is 0 Å². The fourth-order valence-electron chi connectivity index (χ4n) is 11.0. The van der Waals surface area contributed by atoms with Crippen LogP contribution in [-0.4, -0.2) is 14.8 Å². The molecular formula is C59H65BN2Si. The van der Waals surface area contributed by atoms with E-state index in [1.165, 1.54) is 88.3 Å². The van der Waals surface area contributed by atoms with Gasteiger partial charge in [0.05, 0.1) is 0 Å². The highest BCUT2D eigenvalue weighted by Gasteiger charge is 2.51. The van der Waals surface area contributed by atoms with Crippen LogP contribution in [0.1, 0.15) is 105 Å². The summed E-state index contributed by atoms with van der Waals surface area (Å²) in [6.45, 7) is 30.7. The molecule has 4 heteroatoms. The molecule has 2 aliphatic rings. The second kappa shape index (κ2) is 15.0. The highest BCUT2D eigenvalue weighted by molar-refractivity contribution is 7.13. The van der Waals surface area contributed by atoms with Crippen molar-refractivity contribution >= 4 is 80.9 Å². The topological polar surface area (TPSA) is 6.48 Å². The van der Waals surface area contributed by atoms with Crippen molar-refractivity contribution in [1.29, 1.82) is 0 Å². The Bertz CT molecular complexity index is 2790. The predicted octanol–water partition coefficient (Wildman–Crippen LogP) is 12.2. The van der Waals surface area contributed by atoms with Crippen molar-refractivity contribution < 1.29 is 0 Å². The first-order chi connectivity index (χ1) is 29.7. The fourth-order valence-corrected chi connectivity index (χ4v) is 16.7. The Hall–Kier alpha value is -5.58. The van der Waals surface area contributed by atoms with Gasteiger partial charge in [-0.25, -0.2) is 0 Å². The fraction of sp³-hybridized carbons (Fsp3) is 0.288. The molecule has 0 aromatic heterocycles. The maximum absolute atomic E-state index is 2.71. The van der Waals surface area contributed by atoms with Crippen molar-refractivity contribution in [3.8, 4) is 0 Å². The summed E-state index contributed by atoms with van der Waals surface area (Å²) >= 11 is 0. The summed E-state index contributed by atoms with van der Waals surface area (Å²) in [5, 5.41) is 4.27. The Kier molecular flexibility index (Phi) is 10.2. The van der Waals surface area contributed by atoms with Crippen molar-refractivity contribution in [2.45, 2.75) is 111 Å². The number of nitrogens with zero attached hydrogens (tertiary/aromatic N) is 2. The minimum absolute atomic E-state index is 0.00390. The van der Waals surface area contributed by atoms with Gasteiger partial charge in [-0.3, -0.25) is 0 Å². The number of aryl methyl sites for hydroxylation is 1. The molecular weight excluding hydrogens is 776 g/mol. The number of rotatable bonds is 5. The highest BCUT2D eigenvalue weighted by Crippen LogP contribution is 2.47. The van der Waals surface area contributed by atoms with E-state index in [0.717, 1.165) is 0 Å². The summed E-state index contributed by atoms with van der Waals surface area (Å²) < 4.78 is 0. The highest BCUT2D eigenvalue weighted by atomic mass is 28.3. The maximum Gasteiger partial charge on any atom is 0.252 e. The van der Waals surface area contributed by atoms with Gasteiger partial charge < -0.3 is 9.80 Å². The van der Waals surface area contributed by atoms with E-state index in [2.05, 4.69) is 258 Å². The molecule has 0 amide bonds. The summed E-state index contributed by atoms with van der Waals surface area (Å²) in [6, 6.07) is 61.4. The number of benzene rings is 7. The standard InChI is InChI=1S/C59H65BN2Si/c1-40-36-53-55-54(37-40)62(50-27-21-20-26-47(50)58(8,9)10)52-35-33-46(63(59(11,12)13,44-22-16-14-17-23-44)45-24-18-15-19-25-45)39-49(52)60(55)48-38-42(57(5,6)7)30-34-51(48)61(53)43-31-28-41(29-32-43)56(2,3)4/h14-39H,1-13H3. The molecule has 9 rings (SSSR count). The van der Waals surface area contributed by atoms with Crippen LogP contribution in [0.25, 0.3) is 0 Å². The molecule has 0 bridgehead atoms. The average molecular weight is 841 g/mol. The van der Waals surface area contributed by atoms with Crippen molar-refractivity contribution in [1.82, 2.24) is 0 Å². The molecule has 0 N–H and O–H groups in total. The largest absolute Gasteiger partial charge is 0.311 e. The van der Waals surface area contributed by atoms with Crippen LogP contribution < -0.4 is 41.7 Å². The van der Waals surface area contributed by atoms with Crippen molar-refractivity contribution in [2.75, 3.05) is 9.80 Å². The molecule has 0 aliphatic carbocycles. The number of fused-ring (bicyclic) bond motifs is 4. The number of anilines is 6. The van der Waals surface area contributed by atoms with Gasteiger partial charge in [-0.2, -0.15) is 0 Å². The molecule has 7 aromatic carbocycles. The molecule has 2 nitrogen and oxygen atoms in total. The molecule has 2 aliphatic heterocycles. The zero-order valence-corrected chi connectivity index (χ0v) is 41.0. The van der Waals surface area contributed by atoms with Gasteiger partial charge in [-0.1, -0.05) is 198 Å². The van der Waals surface area contributed by atoms with Gasteiger partial charge in [0, 0.05) is 34.1 Å². The SMILES string of the molecule is Cc1cc2c3c(c1)N(c1ccccc1C(C)(C)C)c1ccc([Si](c4ccccc4)(c4ccccc4)C(C)(C)C)cc1B3c1cc(C(C)(C)C)ccc1N2c1ccc(C(C)(C)C)cc1. The average Bonchev–Trinajstić information content (AvgIpc) is 3.23. The van der Waals surface area contributed by atoms with Gasteiger partial charge in [-0.15, -0.1) is 0 Å². The molecule has 0 unspecified atom stereocenters. The normalized spacial score (nSPS) is 14.0. The van der Waals surface area contributed by atoms with Crippen LogP contribution in [0.2, 0.25) is 5.04 Å². The van der Waals surface area contributed by atoms with E-state index in [0.29, 0.717) is 0 Å². The van der Waals surface area contributed by atoms with Crippen LogP contribution in [0.15, 0.2) is 158 Å². The maximum atomic E-state index is 2.68. The lowest BCUT2D eigenvalue weighted by Crippen LogP contribution is -2.73. The lowest BCUT2D eigenvalue weighted by atomic mass is 9.33. The van der Waals surface area contributed by atoms with E-state index < -0.39 is 8.07 Å². The third-order valence-electron chi connectivity index (χ3n) is 14.0. The van der Waals surface area contributed by atoms with Gasteiger partial charge in [0.25, 0.3) is 6.71 Å². The van der Waals surface area contributed by atoms with Crippen molar-refractivity contribution in [3.05, 3.63) is 180 Å². The summed E-state index contributed by atoms with van der Waals surface area (Å²) in [5.41, 5.74) is 16.8. The molecule has 0 fully saturated rings. The molecule has 63 heavy (non-hydrogen) atoms. The van der Waals surface area contributed by atoms with Gasteiger partial charge in [-0.05, 0) is 125 Å². The third kappa shape index (κ3) is 7.01. The van der Waals surface area contributed by atoms with E-state index in [9.17, 15) is 0 Å². The van der Waals surface area contributed by atoms with Crippen LogP contribution in [0.5, 0.6) is 0 Å². The zero-order chi connectivity index (χ0) is 44.9. The van der Waals surface area contributed by atoms with Gasteiger partial charge >= 0.3 is 0 Å². The molecule has 0 saturated heterocycles. The molecule has 0 radical (unpaired) electrons. The Balaban J connectivity index is 1.43. The Morgan fingerprint density at radius 1 is 0.397 bits per heavy atom. The molecule has 318 valence electrons. The lowest BCUT2D eigenvalue weighted by molar-refractivity contribution is 0.590. The van der Waals surface area contributed by atoms with Crippen LogP contribution in [0, 0.1) is 6.92 Å². The zero-order valence-electron chi connectivity index (χ0n) is 40.0. The van der Waals surface area contributed by atoms with Gasteiger partial charge in [0.15, 0.2) is 8.07 Å². The first-order valence-electron chi connectivity index (χ1n) is 23.1. The minimum atomic E-state index is -2.71. The number of para-hydroxylation sites is 1. The molecule has 0 atom stereocenters. The lowest BCUT2D eigenvalue weighted by Gasteiger charge is -2.47. The predicted molar refractivity (Wildman–Crippen MR) is 279 cm³/mol.